The van der Waals surface area contributed by atoms with Gasteiger partial charge in [-0.2, -0.15) is 0 Å². The number of carbonyl (C=O) groups excluding carboxylic acids is 1. The number of benzene rings is 1. The Morgan fingerprint density at radius 1 is 1.39 bits per heavy atom. The van der Waals surface area contributed by atoms with Crippen LogP contribution in [0.1, 0.15) is 12.0 Å². The summed E-state index contributed by atoms with van der Waals surface area (Å²) in [6, 6.07) is 8.90. The average molecular weight is 249 g/mol. The van der Waals surface area contributed by atoms with Gasteiger partial charge < -0.3 is 0 Å². The molecule has 0 heterocycles. The molecule has 96 valence electrons. The molecule has 0 aliphatic heterocycles. The molecule has 0 spiro atoms. The number of carbonyl (C=O) groups is 1. The summed E-state index contributed by atoms with van der Waals surface area (Å²) in [5.74, 6) is -0.406. The second kappa shape index (κ2) is 8.55. The number of hydrogen-bond donors (Lipinski definition) is 2. The predicted octanol–water partition coefficient (Wildman–Crippen LogP) is 0.0776. The Morgan fingerprint density at radius 2 is 2.11 bits per heavy atom. The Bertz CT molecular complexity index is 372. The minimum absolute atomic E-state index is 0.0389. The van der Waals surface area contributed by atoms with Crippen molar-refractivity contribution in [1.82, 2.24) is 5.32 Å². The summed E-state index contributed by atoms with van der Waals surface area (Å²) < 4.78 is 15.2. The van der Waals surface area contributed by atoms with Crippen molar-refractivity contribution >= 4 is 13.1 Å². The van der Waals surface area contributed by atoms with Crippen LogP contribution in [0.15, 0.2) is 30.3 Å². The van der Waals surface area contributed by atoms with Gasteiger partial charge in [0.1, 0.15) is 0 Å². The van der Waals surface area contributed by atoms with E-state index in [1.807, 2.05) is 30.3 Å². The number of hydrogen-bond acceptors (Lipinski definition) is 5. The molecule has 1 rings (SSSR count). The van der Waals surface area contributed by atoms with E-state index in [9.17, 15) is 9.50 Å². The molecular formula is C12H16BNO4. The molecule has 6 heteroatoms. The Morgan fingerprint density at radius 3 is 2.72 bits per heavy atom. The first kappa shape index (κ1) is 14.5. The van der Waals surface area contributed by atoms with E-state index in [0.717, 1.165) is 5.56 Å². The van der Waals surface area contributed by atoms with Gasteiger partial charge >= 0.3 is 106 Å². The molecule has 18 heavy (non-hydrogen) atoms. The van der Waals surface area contributed by atoms with Crippen LogP contribution < -0.4 is 5.32 Å². The predicted molar refractivity (Wildman–Crippen MR) is 66.2 cm³/mol. The Hall–Kier alpha value is -1.53. The van der Waals surface area contributed by atoms with Crippen molar-refractivity contribution in [2.75, 3.05) is 13.1 Å². The molecule has 0 amide bonds. The molecule has 1 atom stereocenters. The van der Waals surface area contributed by atoms with Gasteiger partial charge in [-0.3, -0.25) is 0 Å². The first-order valence-corrected chi connectivity index (χ1v) is 5.73. The average Bonchev–Trinajstić information content (AvgIpc) is 2.42. The first-order chi connectivity index (χ1) is 8.76. The van der Waals surface area contributed by atoms with E-state index in [-0.39, 0.29) is 26.1 Å². The first-order valence-electron chi connectivity index (χ1n) is 5.73. The van der Waals surface area contributed by atoms with Gasteiger partial charge in [0.15, 0.2) is 0 Å². The molecule has 0 fully saturated rings. The maximum absolute atomic E-state index is 11.5. The topological polar surface area (TPSA) is 75.6 Å². The summed E-state index contributed by atoms with van der Waals surface area (Å²) in [6.45, 7) is -0.000219. The molecule has 0 aliphatic carbocycles. The van der Waals surface area contributed by atoms with Gasteiger partial charge in [0.2, 0.25) is 0 Å². The molecular weight excluding hydrogens is 233 g/mol. The van der Waals surface area contributed by atoms with Crippen molar-refractivity contribution in [2.45, 2.75) is 19.1 Å². The second-order valence-corrected chi connectivity index (χ2v) is 3.80. The molecule has 0 radical (unpaired) electrons. The third-order valence-corrected chi connectivity index (χ3v) is 2.37. The van der Waals surface area contributed by atoms with Crippen molar-refractivity contribution in [2.24, 2.45) is 0 Å². The van der Waals surface area contributed by atoms with Gasteiger partial charge in [-0.1, -0.05) is 0 Å². The fourth-order valence-electron chi connectivity index (χ4n) is 1.41. The third kappa shape index (κ3) is 5.70. The van der Waals surface area contributed by atoms with E-state index < -0.39 is 12.0 Å². The van der Waals surface area contributed by atoms with Gasteiger partial charge in [0.25, 0.3) is 0 Å². The minimum atomic E-state index is -0.446. The fourth-order valence-corrected chi connectivity index (χ4v) is 1.41. The summed E-state index contributed by atoms with van der Waals surface area (Å²) in [6.07, 6.45) is 0.147. The van der Waals surface area contributed by atoms with Crippen molar-refractivity contribution in [3.63, 3.8) is 0 Å². The zero-order valence-corrected chi connectivity index (χ0v) is 10.0. The summed E-state index contributed by atoms with van der Waals surface area (Å²) >= 11 is 0. The van der Waals surface area contributed by atoms with E-state index in [0.29, 0.717) is 7.15 Å². The van der Waals surface area contributed by atoms with Crippen LogP contribution >= 0.6 is 0 Å². The summed E-state index contributed by atoms with van der Waals surface area (Å²) in [4.78, 5) is 11.5. The molecule has 5 nitrogen and oxygen atoms in total. The van der Waals surface area contributed by atoms with Crippen LogP contribution in [-0.4, -0.2) is 37.3 Å². The Labute approximate surface area is 106 Å². The van der Waals surface area contributed by atoms with E-state index in [1.54, 1.807) is 0 Å². The molecule has 1 aromatic carbocycles. The van der Waals surface area contributed by atoms with Crippen LogP contribution in [0.25, 0.3) is 0 Å². The molecule has 1 unspecified atom stereocenters. The molecule has 0 saturated carbocycles. The van der Waals surface area contributed by atoms with Crippen LogP contribution in [0.3, 0.4) is 0 Å². The van der Waals surface area contributed by atoms with E-state index in [1.165, 1.54) is 0 Å². The van der Waals surface area contributed by atoms with E-state index >= 15 is 0 Å². The SMILES string of the molecule is O=BCNC(CO)CC(=O)OCc1ccccc1. The molecule has 2 N–H and O–H groups in total. The van der Waals surface area contributed by atoms with E-state index in [4.69, 9.17) is 9.84 Å². The van der Waals surface area contributed by atoms with Gasteiger partial charge in [-0.15, -0.1) is 0 Å². The number of rotatable bonds is 8. The molecule has 0 saturated heterocycles. The van der Waals surface area contributed by atoms with Gasteiger partial charge in [-0.25, -0.2) is 0 Å². The zero-order chi connectivity index (χ0) is 13.2. The van der Waals surface area contributed by atoms with Crippen LogP contribution in [0.4, 0.5) is 0 Å². The zero-order valence-electron chi connectivity index (χ0n) is 10.0. The Kier molecular flexibility index (Phi) is 6.90. The number of aliphatic hydroxyl groups excluding tert-OH is 1. The van der Waals surface area contributed by atoms with Gasteiger partial charge in [0, 0.05) is 0 Å². The number of nitrogens with one attached hydrogen (secondary N) is 1. The van der Waals surface area contributed by atoms with Crippen molar-refractivity contribution in [3.8, 4) is 0 Å². The van der Waals surface area contributed by atoms with Crippen LogP contribution in [0, 0.1) is 0 Å². The number of aliphatic hydroxyl groups is 1. The van der Waals surface area contributed by atoms with Crippen LogP contribution in [0.2, 0.25) is 0 Å². The van der Waals surface area contributed by atoms with E-state index in [2.05, 4.69) is 5.32 Å². The van der Waals surface area contributed by atoms with Crippen molar-refractivity contribution < 1.29 is 19.3 Å². The molecule has 0 aliphatic rings. The normalized spacial score (nSPS) is 11.6. The second-order valence-electron chi connectivity index (χ2n) is 3.80. The maximum atomic E-state index is 11.5. The number of ether oxygens (including phenoxy) is 1. The van der Waals surface area contributed by atoms with Crippen molar-refractivity contribution in [1.29, 1.82) is 0 Å². The Balaban J connectivity index is 2.30. The molecule has 0 bridgehead atoms. The summed E-state index contributed by atoms with van der Waals surface area (Å²) in [5.41, 5.74) is 0.909. The number of esters is 1. The van der Waals surface area contributed by atoms with Gasteiger partial charge in [0.05, 0.1) is 0 Å². The molecule has 0 aromatic heterocycles. The fraction of sp³-hybridized carbons (Fsp3) is 0.417. The third-order valence-electron chi connectivity index (χ3n) is 2.37. The monoisotopic (exact) mass is 249 g/mol. The summed E-state index contributed by atoms with van der Waals surface area (Å²) in [7, 11) is 0.679. The standard InChI is InChI=1S/C12H16BNO4/c15-7-11(14-9-13-17)6-12(16)18-8-10-4-2-1-3-5-10/h1-5,11,14-15H,6-9H2. The van der Waals surface area contributed by atoms with Crippen molar-refractivity contribution in [3.05, 3.63) is 35.9 Å². The molecule has 1 aromatic rings. The summed E-state index contributed by atoms with van der Waals surface area (Å²) in [5, 5.41) is 11.7. The van der Waals surface area contributed by atoms with Gasteiger partial charge in [-0.05, 0) is 0 Å². The van der Waals surface area contributed by atoms with Crippen LogP contribution in [-0.2, 0) is 20.8 Å². The van der Waals surface area contributed by atoms with Crippen LogP contribution in [0.5, 0.6) is 0 Å². The quantitative estimate of drug-likeness (QED) is 0.504.